The van der Waals surface area contributed by atoms with Crippen molar-refractivity contribution in [2.75, 3.05) is 12.3 Å². The number of fused-ring (bicyclic) bond motifs is 1. The predicted octanol–water partition coefficient (Wildman–Crippen LogP) is 0.541. The number of nitrogens with two attached hydrogens (primary N) is 1. The molecule has 1 saturated heterocycles. The quantitative estimate of drug-likeness (QED) is 0.226. The van der Waals surface area contributed by atoms with E-state index in [1.807, 2.05) is 0 Å². The number of alkyl halides is 1. The monoisotopic (exact) mass is 514 g/mol. The molecule has 1 fully saturated rings. The normalized spacial score (nSPS) is 20.3. The zero-order valence-corrected chi connectivity index (χ0v) is 18.1. The van der Waals surface area contributed by atoms with E-state index in [2.05, 4.69) is 20.1 Å². The minimum absolute atomic E-state index is 0.0294. The highest BCUT2D eigenvalue weighted by Gasteiger charge is 2.51. The maximum atomic E-state index is 14.8. The van der Waals surface area contributed by atoms with Crippen LogP contribution in [0.3, 0.4) is 0 Å². The molecule has 4 rings (SSSR count). The SMILES string of the molecule is Nc1nc(Cl)nc2c1ncn2[C@@H]1O[C@H](COC(Cc2cc(C(=O)O)no2)(C(=O)O)C(=O)O)C[C@@H]1F. The lowest BCUT2D eigenvalue weighted by Gasteiger charge is -2.25. The smallest absolute Gasteiger partial charge is 0.358 e. The van der Waals surface area contributed by atoms with Gasteiger partial charge in [-0.1, -0.05) is 5.16 Å². The van der Waals surface area contributed by atoms with Crippen LogP contribution < -0.4 is 5.73 Å². The van der Waals surface area contributed by atoms with Gasteiger partial charge in [0.05, 0.1) is 25.5 Å². The van der Waals surface area contributed by atoms with Crippen LogP contribution in [0.1, 0.15) is 28.9 Å². The number of imidazole rings is 1. The Hall–Kier alpha value is -3.89. The largest absolute Gasteiger partial charge is 0.479 e. The van der Waals surface area contributed by atoms with Gasteiger partial charge in [-0.2, -0.15) is 9.97 Å². The van der Waals surface area contributed by atoms with Crippen LogP contribution in [0.25, 0.3) is 11.2 Å². The number of nitrogens with zero attached hydrogens (tertiary/aromatic N) is 5. The van der Waals surface area contributed by atoms with Gasteiger partial charge >= 0.3 is 17.9 Å². The van der Waals surface area contributed by atoms with Crippen LogP contribution in [0, 0.1) is 0 Å². The molecule has 3 atom stereocenters. The molecular formula is C18H16ClFN6O9. The van der Waals surface area contributed by atoms with E-state index in [9.17, 15) is 29.0 Å². The number of halogens is 2. The highest BCUT2D eigenvalue weighted by Crippen LogP contribution is 2.35. The maximum absolute atomic E-state index is 14.8. The minimum atomic E-state index is -2.89. The summed E-state index contributed by atoms with van der Waals surface area (Å²) < 4.78 is 31.7. The molecule has 0 bridgehead atoms. The molecule has 0 saturated carbocycles. The van der Waals surface area contributed by atoms with Crippen molar-refractivity contribution in [3.63, 3.8) is 0 Å². The summed E-state index contributed by atoms with van der Waals surface area (Å²) in [5, 5.41) is 31.2. The van der Waals surface area contributed by atoms with Crippen LogP contribution in [-0.2, 0) is 25.5 Å². The molecule has 15 nitrogen and oxygen atoms in total. The van der Waals surface area contributed by atoms with Gasteiger partial charge < -0.3 is 35.1 Å². The van der Waals surface area contributed by atoms with Crippen LogP contribution in [0.2, 0.25) is 5.28 Å². The van der Waals surface area contributed by atoms with Gasteiger partial charge in [0, 0.05) is 12.5 Å². The molecule has 5 N–H and O–H groups in total. The molecule has 4 heterocycles. The first-order valence-electron chi connectivity index (χ1n) is 9.76. The summed E-state index contributed by atoms with van der Waals surface area (Å²) in [4.78, 5) is 46.5. The average molecular weight is 515 g/mol. The number of hydrogen-bond acceptors (Lipinski definition) is 11. The Morgan fingerprint density at radius 3 is 2.63 bits per heavy atom. The summed E-state index contributed by atoms with van der Waals surface area (Å²) >= 11 is 5.82. The Bertz CT molecular complexity index is 1300. The Balaban J connectivity index is 1.52. The van der Waals surface area contributed by atoms with Crippen LogP contribution >= 0.6 is 11.6 Å². The number of carboxylic acid groups (broad SMARTS) is 3. The van der Waals surface area contributed by atoms with E-state index in [0.717, 1.165) is 6.07 Å². The van der Waals surface area contributed by atoms with Crippen molar-refractivity contribution < 1.29 is 48.1 Å². The Morgan fingerprint density at radius 2 is 2.00 bits per heavy atom. The molecule has 1 aliphatic heterocycles. The second kappa shape index (κ2) is 9.05. The highest BCUT2D eigenvalue weighted by molar-refractivity contribution is 6.28. The van der Waals surface area contributed by atoms with Crippen molar-refractivity contribution >= 4 is 46.5 Å². The lowest BCUT2D eigenvalue weighted by Crippen LogP contribution is -2.52. The predicted molar refractivity (Wildman–Crippen MR) is 109 cm³/mol. The van der Waals surface area contributed by atoms with Gasteiger partial charge in [0.2, 0.25) is 5.28 Å². The van der Waals surface area contributed by atoms with Crippen LogP contribution in [0.15, 0.2) is 16.9 Å². The minimum Gasteiger partial charge on any atom is -0.479 e. The molecule has 0 spiro atoms. The Morgan fingerprint density at radius 1 is 1.29 bits per heavy atom. The first-order valence-corrected chi connectivity index (χ1v) is 10.1. The number of anilines is 1. The summed E-state index contributed by atoms with van der Waals surface area (Å²) in [6.07, 6.45) is -3.92. The lowest BCUT2D eigenvalue weighted by atomic mass is 9.97. The van der Waals surface area contributed by atoms with Crippen molar-refractivity contribution in [3.8, 4) is 0 Å². The standard InChI is InChI=1S/C18H16ClFN6O9/c19-17-23-11(21)10-12(24-17)26(5-22-10)13-8(20)1-7(34-13)4-33-18(15(29)30,16(31)32)3-6-2-9(14(27)28)25-35-6/h2,5,7-8,13H,1,3-4H2,(H,27,28)(H,29,30)(H,31,32)(H2,21,23,24)/t7-,8-,13+/m0/s1. The molecule has 0 radical (unpaired) electrons. The molecular weight excluding hydrogens is 499 g/mol. The highest BCUT2D eigenvalue weighted by atomic mass is 35.5. The van der Waals surface area contributed by atoms with E-state index in [0.29, 0.717) is 0 Å². The van der Waals surface area contributed by atoms with Crippen molar-refractivity contribution in [2.24, 2.45) is 0 Å². The number of hydrogen-bond donors (Lipinski definition) is 4. The second-order valence-corrected chi connectivity index (χ2v) is 7.85. The number of ether oxygens (including phenoxy) is 2. The second-order valence-electron chi connectivity index (χ2n) is 7.51. The summed E-state index contributed by atoms with van der Waals surface area (Å²) in [6, 6.07) is 0.870. The first kappa shape index (κ1) is 24.2. The van der Waals surface area contributed by atoms with Gasteiger partial charge in [0.25, 0.3) is 5.60 Å². The van der Waals surface area contributed by atoms with Gasteiger partial charge in [0.15, 0.2) is 23.4 Å². The van der Waals surface area contributed by atoms with Crippen molar-refractivity contribution in [1.29, 1.82) is 0 Å². The molecule has 3 aromatic heterocycles. The van der Waals surface area contributed by atoms with E-state index in [1.54, 1.807) is 0 Å². The van der Waals surface area contributed by atoms with E-state index >= 15 is 0 Å². The molecule has 35 heavy (non-hydrogen) atoms. The van der Waals surface area contributed by atoms with Gasteiger partial charge in [-0.15, -0.1) is 0 Å². The molecule has 186 valence electrons. The van der Waals surface area contributed by atoms with E-state index in [1.165, 1.54) is 10.9 Å². The molecule has 3 aromatic rings. The fraction of sp³-hybridized carbons (Fsp3) is 0.389. The maximum Gasteiger partial charge on any atom is 0.358 e. The van der Waals surface area contributed by atoms with Gasteiger partial charge in [-0.25, -0.2) is 23.8 Å². The average Bonchev–Trinajstić information content (AvgIpc) is 3.49. The lowest BCUT2D eigenvalue weighted by molar-refractivity contribution is -0.188. The third-order valence-corrected chi connectivity index (χ3v) is 5.40. The molecule has 17 heteroatoms. The van der Waals surface area contributed by atoms with Crippen molar-refractivity contribution in [2.45, 2.75) is 36.9 Å². The van der Waals surface area contributed by atoms with Gasteiger partial charge in [-0.3, -0.25) is 4.57 Å². The van der Waals surface area contributed by atoms with Crippen LogP contribution in [-0.4, -0.2) is 82.4 Å². The number of aromatic nitrogens is 5. The Kier molecular flexibility index (Phi) is 6.27. The van der Waals surface area contributed by atoms with E-state index in [-0.39, 0.29) is 34.4 Å². The van der Waals surface area contributed by atoms with Gasteiger partial charge in [-0.05, 0) is 11.6 Å². The summed E-state index contributed by atoms with van der Waals surface area (Å²) in [7, 11) is 0. The van der Waals surface area contributed by atoms with Crippen molar-refractivity contribution in [3.05, 3.63) is 29.1 Å². The molecule has 1 aliphatic rings. The molecule has 0 aliphatic carbocycles. The summed E-state index contributed by atoms with van der Waals surface area (Å²) in [5.41, 5.74) is 2.56. The van der Waals surface area contributed by atoms with E-state index in [4.69, 9.17) is 36.4 Å². The van der Waals surface area contributed by atoms with E-state index < -0.39 is 60.7 Å². The van der Waals surface area contributed by atoms with Gasteiger partial charge in [0.1, 0.15) is 17.4 Å². The number of aromatic carboxylic acids is 1. The fourth-order valence-corrected chi connectivity index (χ4v) is 3.72. The third-order valence-electron chi connectivity index (χ3n) is 5.23. The summed E-state index contributed by atoms with van der Waals surface area (Å²) in [5.74, 6) is -5.64. The Labute approximate surface area is 198 Å². The number of carbonyl (C=O) groups is 3. The first-order chi connectivity index (χ1) is 16.5. The zero-order chi connectivity index (χ0) is 25.5. The van der Waals surface area contributed by atoms with Crippen LogP contribution in [0.4, 0.5) is 10.2 Å². The number of rotatable bonds is 9. The zero-order valence-electron chi connectivity index (χ0n) is 17.4. The number of aliphatic carboxylic acids is 2. The third kappa shape index (κ3) is 4.45. The molecule has 0 amide bonds. The van der Waals surface area contributed by atoms with Crippen LogP contribution in [0.5, 0.6) is 0 Å². The molecule has 0 unspecified atom stereocenters. The topological polar surface area (TPSA) is 226 Å². The van der Waals surface area contributed by atoms with Crippen molar-refractivity contribution in [1.82, 2.24) is 24.7 Å². The summed E-state index contributed by atoms with van der Waals surface area (Å²) in [6.45, 7) is -0.639. The number of nitrogen functional groups attached to an aromatic ring is 1. The number of carboxylic acids is 3. The fourth-order valence-electron chi connectivity index (χ4n) is 3.54. The molecule has 0 aromatic carbocycles.